The quantitative estimate of drug-likeness (QED) is 0.202. The van der Waals surface area contributed by atoms with Crippen molar-refractivity contribution in [3.8, 4) is 0 Å². The summed E-state index contributed by atoms with van der Waals surface area (Å²) in [6.45, 7) is 1.04. The van der Waals surface area contributed by atoms with E-state index in [0.29, 0.717) is 35.5 Å². The Morgan fingerprint density at radius 3 is 2.19 bits per heavy atom. The van der Waals surface area contributed by atoms with Crippen LogP contribution in [0.3, 0.4) is 0 Å². The summed E-state index contributed by atoms with van der Waals surface area (Å²) >= 11 is 0. The molecule has 1 heterocycles. The molecule has 9 heteroatoms. The highest BCUT2D eigenvalue weighted by atomic mass is 32.2. The van der Waals surface area contributed by atoms with E-state index in [4.69, 9.17) is 0 Å². The summed E-state index contributed by atoms with van der Waals surface area (Å²) in [6, 6.07) is 21.2. The van der Waals surface area contributed by atoms with Gasteiger partial charge in [0, 0.05) is 36.5 Å². The summed E-state index contributed by atoms with van der Waals surface area (Å²) in [5.41, 5.74) is 1.84. The fourth-order valence-electron chi connectivity index (χ4n) is 4.13. The molecule has 0 radical (unpaired) electrons. The first kappa shape index (κ1) is 25.3. The van der Waals surface area contributed by atoms with Gasteiger partial charge in [-0.3, -0.25) is 14.9 Å². The molecule has 0 atom stereocenters. The van der Waals surface area contributed by atoms with Gasteiger partial charge in [0.15, 0.2) is 0 Å². The first-order chi connectivity index (χ1) is 17.3. The van der Waals surface area contributed by atoms with Crippen LogP contribution in [0.5, 0.6) is 0 Å². The van der Waals surface area contributed by atoms with Gasteiger partial charge in [0.25, 0.3) is 11.6 Å². The Morgan fingerprint density at radius 2 is 1.56 bits per heavy atom. The van der Waals surface area contributed by atoms with E-state index in [1.54, 1.807) is 54.6 Å². The summed E-state index contributed by atoms with van der Waals surface area (Å²) in [5.74, 6) is -0.421. The molecular weight excluding hydrogens is 478 g/mol. The van der Waals surface area contributed by atoms with Gasteiger partial charge in [-0.2, -0.15) is 4.31 Å². The van der Waals surface area contributed by atoms with Crippen LogP contribution in [0, 0.1) is 10.1 Å². The van der Waals surface area contributed by atoms with Gasteiger partial charge in [-0.25, -0.2) is 8.42 Å². The molecule has 0 saturated carbocycles. The van der Waals surface area contributed by atoms with Gasteiger partial charge in [0.1, 0.15) is 0 Å². The smallest absolute Gasteiger partial charge is 0.270 e. The van der Waals surface area contributed by atoms with Gasteiger partial charge in [-0.05, 0) is 54.3 Å². The van der Waals surface area contributed by atoms with Gasteiger partial charge in [-0.15, -0.1) is 0 Å². The monoisotopic (exact) mass is 505 g/mol. The Hall–Kier alpha value is -3.82. The highest BCUT2D eigenvalue weighted by molar-refractivity contribution is 7.89. The lowest BCUT2D eigenvalue weighted by atomic mass is 10.0. The molecule has 0 aromatic heterocycles. The number of nitrogens with zero attached hydrogens (tertiary/aromatic N) is 2. The number of benzene rings is 3. The molecule has 36 heavy (non-hydrogen) atoms. The average molecular weight is 506 g/mol. The Morgan fingerprint density at radius 1 is 0.889 bits per heavy atom. The van der Waals surface area contributed by atoms with Crippen LogP contribution in [0.2, 0.25) is 0 Å². The molecule has 0 spiro atoms. The first-order valence-corrected chi connectivity index (χ1v) is 13.2. The predicted octanol–water partition coefficient (Wildman–Crippen LogP) is 5.34. The van der Waals surface area contributed by atoms with E-state index in [1.807, 2.05) is 6.07 Å². The number of carbonyl (C=O) groups excluding carboxylic acids is 1. The molecule has 1 aliphatic heterocycles. The second kappa shape index (κ2) is 11.3. The van der Waals surface area contributed by atoms with E-state index in [-0.39, 0.29) is 10.6 Å². The van der Waals surface area contributed by atoms with E-state index in [0.717, 1.165) is 25.7 Å². The molecule has 0 bridgehead atoms. The normalized spacial score (nSPS) is 15.2. The molecular formula is C27H27N3O5S. The molecule has 1 fully saturated rings. The van der Waals surface area contributed by atoms with Crippen molar-refractivity contribution in [3.63, 3.8) is 0 Å². The molecule has 1 N–H and O–H groups in total. The maximum atomic E-state index is 13.3. The number of rotatable bonds is 7. The van der Waals surface area contributed by atoms with Crippen molar-refractivity contribution in [3.05, 3.63) is 100 Å². The maximum absolute atomic E-state index is 13.3. The number of amides is 1. The summed E-state index contributed by atoms with van der Waals surface area (Å²) in [6.07, 6.45) is 5.37. The minimum Gasteiger partial charge on any atom is -0.322 e. The second-order valence-corrected chi connectivity index (χ2v) is 10.5. The van der Waals surface area contributed by atoms with E-state index in [9.17, 15) is 23.3 Å². The minimum absolute atomic E-state index is 0.0715. The lowest BCUT2D eigenvalue weighted by molar-refractivity contribution is -0.384. The Balaban J connectivity index is 1.58. The van der Waals surface area contributed by atoms with Crippen molar-refractivity contribution in [1.29, 1.82) is 0 Å². The Bertz CT molecular complexity index is 1360. The average Bonchev–Trinajstić information content (AvgIpc) is 3.19. The third kappa shape index (κ3) is 6.05. The van der Waals surface area contributed by atoms with E-state index >= 15 is 0 Å². The van der Waals surface area contributed by atoms with Crippen molar-refractivity contribution < 1.29 is 18.1 Å². The number of nitrogens with one attached hydrogen (secondary N) is 1. The number of nitro groups is 1. The van der Waals surface area contributed by atoms with Crippen LogP contribution in [0.15, 0.2) is 83.8 Å². The summed E-state index contributed by atoms with van der Waals surface area (Å²) < 4.78 is 27.6. The number of anilines is 1. The first-order valence-electron chi connectivity index (χ1n) is 11.8. The third-order valence-electron chi connectivity index (χ3n) is 6.04. The van der Waals surface area contributed by atoms with Gasteiger partial charge >= 0.3 is 0 Å². The fraction of sp³-hybridized carbons (Fsp3) is 0.222. The van der Waals surface area contributed by atoms with Crippen molar-refractivity contribution in [2.45, 2.75) is 30.6 Å². The highest BCUT2D eigenvalue weighted by Crippen LogP contribution is 2.25. The maximum Gasteiger partial charge on any atom is 0.270 e. The van der Waals surface area contributed by atoms with Gasteiger partial charge in [0.2, 0.25) is 10.0 Å². The molecule has 1 amide bonds. The van der Waals surface area contributed by atoms with Gasteiger partial charge in [0.05, 0.1) is 9.82 Å². The Kier molecular flexibility index (Phi) is 7.92. The zero-order valence-corrected chi connectivity index (χ0v) is 20.5. The van der Waals surface area contributed by atoms with Crippen LogP contribution in [-0.2, 0) is 14.8 Å². The number of nitro benzene ring substituents is 1. The molecule has 4 rings (SSSR count). The van der Waals surface area contributed by atoms with E-state index in [2.05, 4.69) is 5.32 Å². The van der Waals surface area contributed by atoms with Crippen LogP contribution in [-0.4, -0.2) is 36.6 Å². The molecule has 0 unspecified atom stereocenters. The molecule has 186 valence electrons. The number of hydrogen-bond donors (Lipinski definition) is 1. The van der Waals surface area contributed by atoms with Crippen molar-refractivity contribution >= 4 is 39.0 Å². The zero-order valence-electron chi connectivity index (χ0n) is 19.7. The summed E-state index contributed by atoms with van der Waals surface area (Å²) in [7, 11) is -3.59. The van der Waals surface area contributed by atoms with Crippen LogP contribution in [0.1, 0.15) is 36.8 Å². The summed E-state index contributed by atoms with van der Waals surface area (Å²) in [4.78, 5) is 24.1. The second-order valence-electron chi connectivity index (χ2n) is 8.57. The van der Waals surface area contributed by atoms with E-state index in [1.165, 1.54) is 28.6 Å². The largest absolute Gasteiger partial charge is 0.322 e. The van der Waals surface area contributed by atoms with Crippen LogP contribution in [0.25, 0.3) is 11.6 Å². The predicted molar refractivity (Wildman–Crippen MR) is 140 cm³/mol. The number of non-ortho nitro benzene ring substituents is 1. The van der Waals surface area contributed by atoms with Crippen molar-refractivity contribution in [2.75, 3.05) is 18.4 Å². The van der Waals surface area contributed by atoms with Crippen LogP contribution < -0.4 is 5.32 Å². The SMILES string of the molecule is O=C(Nc1ccc(S(=O)(=O)N2CCCCCC2)cc1)/C(=C/c1cccc([N+](=O)[O-])c1)c1ccccc1. The van der Waals surface area contributed by atoms with Crippen LogP contribution >= 0.6 is 0 Å². The number of carbonyl (C=O) groups is 1. The molecule has 1 aliphatic rings. The van der Waals surface area contributed by atoms with Gasteiger partial charge in [-0.1, -0.05) is 55.3 Å². The van der Waals surface area contributed by atoms with Crippen molar-refractivity contribution in [1.82, 2.24) is 4.31 Å². The topological polar surface area (TPSA) is 110 Å². The summed E-state index contributed by atoms with van der Waals surface area (Å²) in [5, 5.41) is 14.0. The molecule has 1 saturated heterocycles. The fourth-order valence-corrected chi connectivity index (χ4v) is 5.65. The molecule has 3 aromatic rings. The standard InChI is InChI=1S/C27H27N3O5S/c31-27(26(22-10-4-3-5-11-22)20-21-9-8-12-24(19-21)30(32)33)28-23-13-15-25(16-14-23)36(34,35)29-17-6-1-2-7-18-29/h3-5,8-16,19-20H,1-2,6-7,17-18H2,(H,28,31)/b26-20+. The lowest BCUT2D eigenvalue weighted by Crippen LogP contribution is -2.31. The number of sulfonamides is 1. The van der Waals surface area contributed by atoms with E-state index < -0.39 is 20.9 Å². The lowest BCUT2D eigenvalue weighted by Gasteiger charge is -2.20. The Labute approximate surface area is 210 Å². The third-order valence-corrected chi connectivity index (χ3v) is 7.95. The van der Waals surface area contributed by atoms with Gasteiger partial charge < -0.3 is 5.32 Å². The van der Waals surface area contributed by atoms with Crippen molar-refractivity contribution in [2.24, 2.45) is 0 Å². The van der Waals surface area contributed by atoms with Crippen LogP contribution in [0.4, 0.5) is 11.4 Å². The highest BCUT2D eigenvalue weighted by Gasteiger charge is 2.25. The zero-order chi connectivity index (χ0) is 25.5. The molecule has 3 aromatic carbocycles. The minimum atomic E-state index is -3.59. The molecule has 8 nitrogen and oxygen atoms in total. The number of hydrogen-bond acceptors (Lipinski definition) is 5. The molecule has 0 aliphatic carbocycles.